The van der Waals surface area contributed by atoms with E-state index in [2.05, 4.69) is 10.6 Å². The van der Waals surface area contributed by atoms with Gasteiger partial charge in [-0.25, -0.2) is 0 Å². The molecule has 1 aromatic carbocycles. The topological polar surface area (TPSA) is 59.6 Å². The van der Waals surface area contributed by atoms with Crippen molar-refractivity contribution in [3.05, 3.63) is 17.2 Å². The third-order valence-corrected chi connectivity index (χ3v) is 2.66. The summed E-state index contributed by atoms with van der Waals surface area (Å²) >= 11 is 6.00. The Morgan fingerprint density at radius 1 is 1.26 bits per heavy atom. The summed E-state index contributed by atoms with van der Waals surface area (Å²) in [6.45, 7) is 3.97. The van der Waals surface area contributed by atoms with Gasteiger partial charge in [0.15, 0.2) is 0 Å². The second kappa shape index (κ2) is 7.09. The number of carbonyl (C=O) groups excluding carboxylic acids is 1. The molecular weight excluding hydrogens is 268 g/mol. The molecule has 0 spiro atoms. The Morgan fingerprint density at radius 2 is 1.89 bits per heavy atom. The van der Waals surface area contributed by atoms with Crippen molar-refractivity contribution >= 4 is 23.2 Å². The number of methoxy groups -OCH3 is 2. The van der Waals surface area contributed by atoms with Gasteiger partial charge in [-0.05, 0) is 13.8 Å². The number of ether oxygens (including phenoxy) is 2. The minimum atomic E-state index is -0.0917. The third-order valence-electron chi connectivity index (χ3n) is 2.36. The highest BCUT2D eigenvalue weighted by atomic mass is 35.5. The molecule has 0 aliphatic carbocycles. The van der Waals surface area contributed by atoms with Crippen molar-refractivity contribution in [2.75, 3.05) is 26.1 Å². The van der Waals surface area contributed by atoms with E-state index in [1.165, 1.54) is 14.2 Å². The van der Waals surface area contributed by atoms with Crippen LogP contribution in [0, 0.1) is 0 Å². The molecule has 6 heteroatoms. The zero-order valence-corrected chi connectivity index (χ0v) is 12.3. The number of rotatable bonds is 6. The molecule has 0 saturated heterocycles. The second-order valence-corrected chi connectivity index (χ2v) is 4.67. The predicted octanol–water partition coefficient (Wildman–Crippen LogP) is 2.29. The molecule has 0 radical (unpaired) electrons. The van der Waals surface area contributed by atoms with Gasteiger partial charge in [0.25, 0.3) is 0 Å². The van der Waals surface area contributed by atoms with Crippen molar-refractivity contribution in [3.8, 4) is 11.5 Å². The Morgan fingerprint density at radius 3 is 2.42 bits per heavy atom. The number of hydrogen-bond acceptors (Lipinski definition) is 4. The van der Waals surface area contributed by atoms with Crippen LogP contribution in [0.2, 0.25) is 5.02 Å². The predicted molar refractivity (Wildman–Crippen MR) is 76.3 cm³/mol. The van der Waals surface area contributed by atoms with Gasteiger partial charge in [0.1, 0.15) is 11.5 Å². The van der Waals surface area contributed by atoms with Crippen molar-refractivity contribution in [1.29, 1.82) is 0 Å². The van der Waals surface area contributed by atoms with Crippen LogP contribution in [0.15, 0.2) is 12.1 Å². The van der Waals surface area contributed by atoms with E-state index in [0.29, 0.717) is 22.2 Å². The summed E-state index contributed by atoms with van der Waals surface area (Å²) in [7, 11) is 3.07. The zero-order chi connectivity index (χ0) is 14.4. The Labute approximate surface area is 118 Å². The number of anilines is 1. The van der Waals surface area contributed by atoms with Crippen LogP contribution in [-0.4, -0.2) is 32.7 Å². The monoisotopic (exact) mass is 286 g/mol. The lowest BCUT2D eigenvalue weighted by molar-refractivity contribution is -0.119. The van der Waals surface area contributed by atoms with Crippen molar-refractivity contribution in [3.63, 3.8) is 0 Å². The quantitative estimate of drug-likeness (QED) is 0.842. The minimum Gasteiger partial charge on any atom is -0.495 e. The number of amides is 1. The summed E-state index contributed by atoms with van der Waals surface area (Å²) in [5.74, 6) is 0.989. The van der Waals surface area contributed by atoms with Gasteiger partial charge in [-0.1, -0.05) is 11.6 Å². The average molecular weight is 287 g/mol. The number of benzene rings is 1. The lowest BCUT2D eigenvalue weighted by atomic mass is 10.2. The van der Waals surface area contributed by atoms with E-state index in [1.807, 2.05) is 13.8 Å². The molecule has 106 valence electrons. The van der Waals surface area contributed by atoms with E-state index in [1.54, 1.807) is 12.1 Å². The van der Waals surface area contributed by atoms with Crippen molar-refractivity contribution < 1.29 is 14.3 Å². The Hall–Kier alpha value is -1.62. The van der Waals surface area contributed by atoms with Gasteiger partial charge in [-0.2, -0.15) is 0 Å². The van der Waals surface area contributed by atoms with Gasteiger partial charge in [0.05, 0.1) is 31.5 Å². The lowest BCUT2D eigenvalue weighted by Gasteiger charge is -2.14. The van der Waals surface area contributed by atoms with Crippen LogP contribution >= 0.6 is 11.6 Å². The second-order valence-electron chi connectivity index (χ2n) is 4.26. The Balaban J connectivity index is 2.79. The molecule has 0 aromatic heterocycles. The van der Waals surface area contributed by atoms with Crippen molar-refractivity contribution in [2.24, 2.45) is 0 Å². The number of halogens is 1. The molecule has 19 heavy (non-hydrogen) atoms. The van der Waals surface area contributed by atoms with Crippen LogP contribution in [-0.2, 0) is 4.79 Å². The van der Waals surface area contributed by atoms with Gasteiger partial charge < -0.3 is 20.1 Å². The van der Waals surface area contributed by atoms with Crippen molar-refractivity contribution in [1.82, 2.24) is 5.32 Å². The van der Waals surface area contributed by atoms with E-state index >= 15 is 0 Å². The van der Waals surface area contributed by atoms with Crippen LogP contribution in [0.25, 0.3) is 0 Å². The fourth-order valence-electron chi connectivity index (χ4n) is 1.55. The molecule has 0 unspecified atom stereocenters. The maximum absolute atomic E-state index is 11.6. The van der Waals surface area contributed by atoms with Gasteiger partial charge in [0, 0.05) is 18.2 Å². The molecule has 2 N–H and O–H groups in total. The summed E-state index contributed by atoms with van der Waals surface area (Å²) in [6, 6.07) is 3.45. The SMILES string of the molecule is COc1cc(NCC(=O)NC(C)C)c(OC)cc1Cl. The van der Waals surface area contributed by atoms with E-state index in [-0.39, 0.29) is 18.5 Å². The first kappa shape index (κ1) is 15.4. The summed E-state index contributed by atoms with van der Waals surface area (Å²) < 4.78 is 10.3. The van der Waals surface area contributed by atoms with E-state index in [0.717, 1.165) is 0 Å². The zero-order valence-electron chi connectivity index (χ0n) is 11.5. The highest BCUT2D eigenvalue weighted by Crippen LogP contribution is 2.35. The molecule has 0 saturated carbocycles. The highest BCUT2D eigenvalue weighted by Gasteiger charge is 2.11. The summed E-state index contributed by atoms with van der Waals surface area (Å²) in [4.78, 5) is 11.6. The molecule has 1 aromatic rings. The summed E-state index contributed by atoms with van der Waals surface area (Å²) in [6.07, 6.45) is 0. The van der Waals surface area contributed by atoms with Crippen LogP contribution in [0.5, 0.6) is 11.5 Å². The molecule has 0 bridgehead atoms. The molecule has 0 aliphatic heterocycles. The van der Waals surface area contributed by atoms with Crippen LogP contribution in [0.1, 0.15) is 13.8 Å². The maximum atomic E-state index is 11.6. The molecular formula is C13H19ClN2O3. The Kier molecular flexibility index (Phi) is 5.76. The first-order valence-electron chi connectivity index (χ1n) is 5.92. The fraction of sp³-hybridized carbons (Fsp3) is 0.462. The first-order valence-corrected chi connectivity index (χ1v) is 6.30. The van der Waals surface area contributed by atoms with Crippen LogP contribution in [0.4, 0.5) is 5.69 Å². The van der Waals surface area contributed by atoms with Gasteiger partial charge in [-0.3, -0.25) is 4.79 Å². The van der Waals surface area contributed by atoms with Gasteiger partial charge in [-0.15, -0.1) is 0 Å². The van der Waals surface area contributed by atoms with Gasteiger partial charge >= 0.3 is 0 Å². The average Bonchev–Trinajstić information content (AvgIpc) is 2.35. The van der Waals surface area contributed by atoms with E-state index < -0.39 is 0 Å². The summed E-state index contributed by atoms with van der Waals surface area (Å²) in [5.41, 5.74) is 0.655. The minimum absolute atomic E-state index is 0.0917. The lowest BCUT2D eigenvalue weighted by Crippen LogP contribution is -2.34. The molecule has 0 atom stereocenters. The highest BCUT2D eigenvalue weighted by molar-refractivity contribution is 6.32. The number of nitrogens with one attached hydrogen (secondary N) is 2. The van der Waals surface area contributed by atoms with E-state index in [4.69, 9.17) is 21.1 Å². The maximum Gasteiger partial charge on any atom is 0.239 e. The number of hydrogen-bond donors (Lipinski definition) is 2. The largest absolute Gasteiger partial charge is 0.495 e. The van der Waals surface area contributed by atoms with Crippen LogP contribution < -0.4 is 20.1 Å². The van der Waals surface area contributed by atoms with Gasteiger partial charge in [0.2, 0.25) is 5.91 Å². The normalized spacial score (nSPS) is 10.2. The van der Waals surface area contributed by atoms with Crippen molar-refractivity contribution in [2.45, 2.75) is 19.9 Å². The van der Waals surface area contributed by atoms with Crippen LogP contribution in [0.3, 0.4) is 0 Å². The first-order chi connectivity index (χ1) is 8.97. The molecule has 5 nitrogen and oxygen atoms in total. The molecule has 0 fully saturated rings. The smallest absolute Gasteiger partial charge is 0.239 e. The molecule has 0 aliphatic rings. The Bertz CT molecular complexity index is 450. The summed E-state index contributed by atoms with van der Waals surface area (Å²) in [5, 5.41) is 6.24. The molecule has 1 amide bonds. The molecule has 0 heterocycles. The molecule has 1 rings (SSSR count). The third kappa shape index (κ3) is 4.52. The number of carbonyl (C=O) groups is 1. The fourth-order valence-corrected chi connectivity index (χ4v) is 1.78. The standard InChI is InChI=1S/C13H19ClN2O3/c1-8(2)16-13(17)7-15-10-6-11(18-3)9(14)5-12(10)19-4/h5-6,8,15H,7H2,1-4H3,(H,16,17). The van der Waals surface area contributed by atoms with E-state index in [9.17, 15) is 4.79 Å².